The molecule has 3 N–H and O–H groups in total. The molecule has 98 valence electrons. The lowest BCUT2D eigenvalue weighted by Crippen LogP contribution is -2.58. The fourth-order valence-corrected chi connectivity index (χ4v) is 1.96. The van der Waals surface area contributed by atoms with Gasteiger partial charge in [0.05, 0.1) is 0 Å². The maximum absolute atomic E-state index is 12.1. The van der Waals surface area contributed by atoms with E-state index in [0.717, 1.165) is 0 Å². The van der Waals surface area contributed by atoms with Crippen molar-refractivity contribution in [2.45, 2.75) is 18.9 Å². The van der Waals surface area contributed by atoms with Gasteiger partial charge in [-0.25, -0.2) is 10.2 Å². The average Bonchev–Trinajstić information content (AvgIpc) is 2.39. The first-order chi connectivity index (χ1) is 8.59. The summed E-state index contributed by atoms with van der Waals surface area (Å²) >= 11 is 0. The Morgan fingerprint density at radius 1 is 1.39 bits per heavy atom. The van der Waals surface area contributed by atoms with Gasteiger partial charge in [0, 0.05) is 32.5 Å². The first-order valence-corrected chi connectivity index (χ1v) is 5.69. The normalized spacial score (nSPS) is 24.2. The van der Waals surface area contributed by atoms with Crippen LogP contribution < -0.4 is 10.7 Å². The van der Waals surface area contributed by atoms with E-state index in [1.807, 2.05) is 0 Å². The van der Waals surface area contributed by atoms with Crippen LogP contribution in [0.4, 0.5) is 0 Å². The summed E-state index contributed by atoms with van der Waals surface area (Å²) in [6.07, 6.45) is 0.454. The highest BCUT2D eigenvalue weighted by atomic mass is 16.4. The van der Waals surface area contributed by atoms with Crippen LogP contribution in [0.3, 0.4) is 0 Å². The van der Waals surface area contributed by atoms with E-state index in [-0.39, 0.29) is 31.0 Å². The lowest BCUT2D eigenvalue weighted by molar-refractivity contribution is -0.148. The Kier molecular flexibility index (Phi) is 3.56. The molecule has 2 aliphatic rings. The Balaban J connectivity index is 2.11. The van der Waals surface area contributed by atoms with Crippen LogP contribution >= 0.6 is 0 Å². The van der Waals surface area contributed by atoms with Crippen LogP contribution in [0.2, 0.25) is 0 Å². The third kappa shape index (κ3) is 2.48. The van der Waals surface area contributed by atoms with Crippen molar-refractivity contribution >= 4 is 23.5 Å². The Labute approximate surface area is 103 Å². The smallest absolute Gasteiger partial charge is 0.327 e. The Bertz CT molecular complexity index is 420. The number of rotatable bonds is 2. The zero-order valence-electron chi connectivity index (χ0n) is 9.68. The molecular weight excluding hydrogens is 240 g/mol. The zero-order valence-corrected chi connectivity index (χ0v) is 9.68. The molecule has 8 heteroatoms. The molecule has 2 amide bonds. The van der Waals surface area contributed by atoms with E-state index in [1.165, 1.54) is 4.90 Å². The topological polar surface area (TPSA) is 111 Å². The minimum absolute atomic E-state index is 0.203. The molecule has 1 unspecified atom stereocenters. The summed E-state index contributed by atoms with van der Waals surface area (Å²) < 4.78 is 0. The number of hydrogen-bond acceptors (Lipinski definition) is 5. The number of carbonyl (C=O) groups excluding carboxylic acids is 2. The number of hydrazone groups is 1. The van der Waals surface area contributed by atoms with Crippen molar-refractivity contribution in [1.29, 1.82) is 0 Å². The average molecular weight is 254 g/mol. The molecule has 8 nitrogen and oxygen atoms in total. The van der Waals surface area contributed by atoms with Gasteiger partial charge in [0.1, 0.15) is 11.8 Å². The highest BCUT2D eigenvalue weighted by molar-refractivity contribution is 6.39. The van der Waals surface area contributed by atoms with Crippen LogP contribution in [0.1, 0.15) is 12.8 Å². The van der Waals surface area contributed by atoms with E-state index in [0.29, 0.717) is 13.1 Å². The second kappa shape index (κ2) is 5.13. The highest BCUT2D eigenvalue weighted by Gasteiger charge is 2.34. The third-order valence-corrected chi connectivity index (χ3v) is 2.94. The third-order valence-electron chi connectivity index (χ3n) is 2.94. The Morgan fingerprint density at radius 2 is 2.17 bits per heavy atom. The van der Waals surface area contributed by atoms with Crippen molar-refractivity contribution in [2.75, 3.05) is 19.6 Å². The zero-order chi connectivity index (χ0) is 13.1. The van der Waals surface area contributed by atoms with Crippen LogP contribution in [0.15, 0.2) is 5.10 Å². The summed E-state index contributed by atoms with van der Waals surface area (Å²) in [4.78, 5) is 35.4. The minimum Gasteiger partial charge on any atom is -0.480 e. The molecule has 0 bridgehead atoms. The maximum Gasteiger partial charge on any atom is 0.327 e. The number of nitrogens with one attached hydrogen (secondary N) is 2. The van der Waals surface area contributed by atoms with Gasteiger partial charge in [-0.1, -0.05) is 0 Å². The van der Waals surface area contributed by atoms with E-state index in [9.17, 15) is 14.4 Å². The van der Waals surface area contributed by atoms with Crippen LogP contribution in [-0.4, -0.2) is 59.2 Å². The predicted molar refractivity (Wildman–Crippen MR) is 60.8 cm³/mol. The second-order valence-corrected chi connectivity index (χ2v) is 4.15. The molecule has 0 aromatic rings. The summed E-state index contributed by atoms with van der Waals surface area (Å²) in [5.41, 5.74) is 2.45. The Morgan fingerprint density at radius 3 is 2.78 bits per heavy atom. The van der Waals surface area contributed by atoms with E-state index in [1.54, 1.807) is 0 Å². The molecular formula is C10H14N4O4. The van der Waals surface area contributed by atoms with Gasteiger partial charge in [-0.05, 0) is 0 Å². The number of hydrogen-bond donors (Lipinski definition) is 3. The van der Waals surface area contributed by atoms with Crippen LogP contribution in [-0.2, 0) is 14.4 Å². The minimum atomic E-state index is -1.05. The first kappa shape index (κ1) is 12.5. The second-order valence-electron chi connectivity index (χ2n) is 4.15. The lowest BCUT2D eigenvalue weighted by atomic mass is 10.1. The Hall–Kier alpha value is -1.96. The highest BCUT2D eigenvalue weighted by Crippen LogP contribution is 2.09. The molecule has 18 heavy (non-hydrogen) atoms. The van der Waals surface area contributed by atoms with Gasteiger partial charge in [-0.2, -0.15) is 5.10 Å². The monoisotopic (exact) mass is 254 g/mol. The van der Waals surface area contributed by atoms with Crippen molar-refractivity contribution in [2.24, 2.45) is 5.10 Å². The number of piperazine rings is 1. The van der Waals surface area contributed by atoms with E-state index >= 15 is 0 Å². The number of carbonyl (C=O) groups is 3. The predicted octanol–water partition coefficient (Wildman–Crippen LogP) is -1.86. The summed E-state index contributed by atoms with van der Waals surface area (Å²) in [6, 6.07) is -0.883. The fraction of sp³-hybridized carbons (Fsp3) is 0.600. The summed E-state index contributed by atoms with van der Waals surface area (Å²) in [7, 11) is 0. The van der Waals surface area contributed by atoms with Crippen molar-refractivity contribution in [3.8, 4) is 0 Å². The molecule has 2 rings (SSSR count). The van der Waals surface area contributed by atoms with Gasteiger partial charge >= 0.3 is 5.97 Å². The number of amides is 2. The maximum atomic E-state index is 12.1. The van der Waals surface area contributed by atoms with Crippen LogP contribution in [0.25, 0.3) is 0 Å². The molecule has 0 aromatic heterocycles. The quantitative estimate of drug-likeness (QED) is 0.535. The van der Waals surface area contributed by atoms with E-state index in [2.05, 4.69) is 15.8 Å². The standard InChI is InChI=1S/C10H14N4O4/c15-8-2-1-6(12-13-8)9(16)14-4-3-11-5-7(14)10(17)18/h7,11H,1-5H2,(H,13,15)(H,17,18). The van der Waals surface area contributed by atoms with Crippen LogP contribution in [0, 0.1) is 0 Å². The molecule has 0 saturated carbocycles. The molecule has 0 radical (unpaired) electrons. The summed E-state index contributed by atoms with van der Waals surface area (Å²) in [5.74, 6) is -1.69. The van der Waals surface area contributed by atoms with E-state index < -0.39 is 17.9 Å². The van der Waals surface area contributed by atoms with Crippen molar-refractivity contribution in [3.05, 3.63) is 0 Å². The molecule has 0 aliphatic carbocycles. The van der Waals surface area contributed by atoms with Gasteiger partial charge in [0.2, 0.25) is 5.91 Å². The van der Waals surface area contributed by atoms with Crippen molar-refractivity contribution < 1.29 is 19.5 Å². The molecule has 0 spiro atoms. The number of carboxylic acid groups (broad SMARTS) is 1. The fourth-order valence-electron chi connectivity index (χ4n) is 1.96. The van der Waals surface area contributed by atoms with Crippen molar-refractivity contribution in [3.63, 3.8) is 0 Å². The molecule has 1 saturated heterocycles. The van der Waals surface area contributed by atoms with Gasteiger partial charge in [-0.15, -0.1) is 0 Å². The summed E-state index contributed by atoms with van der Waals surface area (Å²) in [5, 5.41) is 15.7. The number of carboxylic acids is 1. The SMILES string of the molecule is O=C1CCC(C(=O)N2CCNCC2C(=O)O)=NN1. The van der Waals surface area contributed by atoms with Gasteiger partial charge in [0.25, 0.3) is 5.91 Å². The summed E-state index contributed by atoms with van der Waals surface area (Å²) in [6.45, 7) is 1.10. The van der Waals surface area contributed by atoms with Crippen molar-refractivity contribution in [1.82, 2.24) is 15.6 Å². The van der Waals surface area contributed by atoms with Gasteiger partial charge < -0.3 is 15.3 Å². The first-order valence-electron chi connectivity index (χ1n) is 5.69. The van der Waals surface area contributed by atoms with Crippen LogP contribution in [0.5, 0.6) is 0 Å². The number of aliphatic carboxylic acids is 1. The van der Waals surface area contributed by atoms with E-state index in [4.69, 9.17) is 5.11 Å². The molecule has 0 aromatic carbocycles. The van der Waals surface area contributed by atoms with Gasteiger partial charge in [-0.3, -0.25) is 9.59 Å². The molecule has 1 atom stereocenters. The number of nitrogens with zero attached hydrogens (tertiary/aromatic N) is 2. The molecule has 2 heterocycles. The van der Waals surface area contributed by atoms with Gasteiger partial charge in [0.15, 0.2) is 0 Å². The largest absolute Gasteiger partial charge is 0.480 e. The lowest BCUT2D eigenvalue weighted by Gasteiger charge is -2.33. The molecule has 1 fully saturated rings. The molecule has 2 aliphatic heterocycles.